The summed E-state index contributed by atoms with van der Waals surface area (Å²) < 4.78 is 32.7. The first-order valence-corrected chi connectivity index (χ1v) is 16.0. The summed E-state index contributed by atoms with van der Waals surface area (Å²) in [4.78, 5) is 48.0. The number of rotatable bonds is 16. The first-order valence-electron chi connectivity index (χ1n) is 16.0. The lowest BCUT2D eigenvalue weighted by atomic mass is 9.94. The number of carboxylic acid groups (broad SMARTS) is 2. The minimum absolute atomic E-state index is 0.778. The molecule has 0 radical (unpaired) electrons. The average Bonchev–Trinajstić information content (AvgIpc) is 3.09. The quantitative estimate of drug-likeness (QED) is 0.0691. The molecule has 3 saturated heterocycles. The number of hydrogen-bond donors (Lipinski definition) is 15. The molecule has 8 unspecified atom stereocenters. The highest BCUT2D eigenvalue weighted by Gasteiger charge is 2.56. The lowest BCUT2D eigenvalue weighted by Gasteiger charge is -2.49. The lowest BCUT2D eigenvalue weighted by molar-refractivity contribution is -0.364. The van der Waals surface area contributed by atoms with Crippen molar-refractivity contribution in [2.24, 2.45) is 0 Å². The molecule has 19 atom stereocenters. The molecule has 3 fully saturated rings. The number of carboxylic acids is 2. The van der Waals surface area contributed by atoms with Crippen LogP contribution in [0.2, 0.25) is 0 Å². The van der Waals surface area contributed by atoms with Crippen LogP contribution in [-0.4, -0.2) is 226 Å². The Bertz CT molecular complexity index is 1250. The summed E-state index contributed by atoms with van der Waals surface area (Å²) in [6.07, 6.45) is -35.9. The lowest BCUT2D eigenvalue weighted by Crippen LogP contribution is -2.70. The Kier molecular flexibility index (Phi) is 16.1. The maximum atomic E-state index is 12.4. The molecule has 3 aliphatic heterocycles. The van der Waals surface area contributed by atoms with Gasteiger partial charge in [0.25, 0.3) is 0 Å². The Morgan fingerprint density at radius 2 is 1.23 bits per heavy atom. The summed E-state index contributed by atoms with van der Waals surface area (Å²) in [5.41, 5.74) is 0. The number of nitrogens with one attached hydrogen (secondary N) is 2. The molecule has 0 aliphatic carbocycles. The monoisotopic (exact) mass is 778 g/mol. The van der Waals surface area contributed by atoms with Crippen molar-refractivity contribution in [2.45, 2.75) is 130 Å². The van der Waals surface area contributed by atoms with Crippen LogP contribution >= 0.6 is 0 Å². The van der Waals surface area contributed by atoms with Crippen molar-refractivity contribution >= 4 is 23.8 Å². The van der Waals surface area contributed by atoms with Gasteiger partial charge in [-0.15, -0.1) is 0 Å². The summed E-state index contributed by atoms with van der Waals surface area (Å²) in [7, 11) is 0. The first kappa shape index (κ1) is 44.6. The molecule has 3 heterocycles. The Balaban J connectivity index is 1.96. The van der Waals surface area contributed by atoms with E-state index in [1.807, 2.05) is 0 Å². The van der Waals surface area contributed by atoms with E-state index in [0.717, 1.165) is 13.8 Å². The highest BCUT2D eigenvalue weighted by atomic mass is 16.8. The highest BCUT2D eigenvalue weighted by molar-refractivity contribution is 5.74. The van der Waals surface area contributed by atoms with Crippen LogP contribution in [0.4, 0.5) is 0 Å². The summed E-state index contributed by atoms with van der Waals surface area (Å²) >= 11 is 0. The highest BCUT2D eigenvalue weighted by Crippen LogP contribution is 2.33. The van der Waals surface area contributed by atoms with Gasteiger partial charge in [-0.2, -0.15) is 0 Å². The minimum Gasteiger partial charge on any atom is -0.479 e. The van der Waals surface area contributed by atoms with E-state index in [9.17, 15) is 85.6 Å². The van der Waals surface area contributed by atoms with Gasteiger partial charge in [-0.1, -0.05) is 0 Å². The molecule has 0 aromatic rings. The van der Waals surface area contributed by atoms with Gasteiger partial charge >= 0.3 is 11.9 Å². The molecule has 15 N–H and O–H groups in total. The molecular weight excluding hydrogens is 732 g/mol. The van der Waals surface area contributed by atoms with Gasteiger partial charge in [0.05, 0.1) is 25.9 Å². The molecule has 0 aromatic carbocycles. The van der Waals surface area contributed by atoms with E-state index >= 15 is 0 Å². The van der Waals surface area contributed by atoms with Crippen LogP contribution in [0.5, 0.6) is 0 Å². The maximum Gasteiger partial charge on any atom is 0.335 e. The van der Waals surface area contributed by atoms with Gasteiger partial charge in [0.1, 0.15) is 79.3 Å². The van der Waals surface area contributed by atoms with Crippen molar-refractivity contribution in [1.29, 1.82) is 0 Å². The fraction of sp³-hybridized carbons (Fsp3) is 0.857. The second-order valence-electron chi connectivity index (χ2n) is 12.5. The second kappa shape index (κ2) is 19.2. The Labute approximate surface area is 298 Å². The number of aliphatic carboxylic acids is 2. The van der Waals surface area contributed by atoms with E-state index in [1.165, 1.54) is 0 Å². The molecule has 25 heteroatoms. The van der Waals surface area contributed by atoms with Crippen molar-refractivity contribution in [3.8, 4) is 0 Å². The fourth-order valence-electron chi connectivity index (χ4n) is 5.90. The van der Waals surface area contributed by atoms with E-state index in [-0.39, 0.29) is 0 Å². The van der Waals surface area contributed by atoms with Crippen LogP contribution in [0.1, 0.15) is 13.8 Å². The van der Waals surface area contributed by atoms with Crippen LogP contribution < -0.4 is 10.6 Å². The normalized spacial score (nSPS) is 40.0. The van der Waals surface area contributed by atoms with Gasteiger partial charge in [0.15, 0.2) is 31.1 Å². The van der Waals surface area contributed by atoms with Crippen LogP contribution in [-0.2, 0) is 47.6 Å². The predicted octanol–water partition coefficient (Wildman–Crippen LogP) is -9.64. The Hall–Kier alpha value is -2.80. The fourth-order valence-corrected chi connectivity index (χ4v) is 5.90. The Morgan fingerprint density at radius 1 is 0.660 bits per heavy atom. The van der Waals surface area contributed by atoms with Gasteiger partial charge < -0.3 is 105 Å². The third-order valence-corrected chi connectivity index (χ3v) is 8.60. The molecule has 3 aliphatic rings. The first-order chi connectivity index (χ1) is 24.8. The number of aliphatic hydroxyl groups is 11. The topological polar surface area (TPSA) is 411 Å². The SMILES string of the molecule is CC(=O)NC(CO)[C@@H](O[C@@H]1OC(C(=O)O)[C@H](O[C@@H]2OC(CO)[C@@H](O)[C@H](O[C@@H]3OC(C(=O)O)[C@@H](O)[C@H](O)C3O)C2NC(C)=O)[C@H](O)C1O)[C@H](O)C(O)CO. The number of carbonyl (C=O) groups is 4. The smallest absolute Gasteiger partial charge is 0.335 e. The molecular formula is C28H46N2O23. The summed E-state index contributed by atoms with van der Waals surface area (Å²) in [6.45, 7) is -1.11. The molecule has 2 amide bonds. The molecule has 0 bridgehead atoms. The number of carbonyl (C=O) groups excluding carboxylic acids is 2. The molecule has 306 valence electrons. The standard InChI is InChI=1S/C28H46N2O23/c1-6(34)29-8(3-31)19(12(37)9(36)4-32)49-28-18(43)16(41)21(23(53-28)25(46)47)51-26-11(30-7(2)35)20(13(38)10(5-33)48-26)50-27-17(42)14(39)15(40)22(52-27)24(44)45/h8-23,26-28,31-33,36-43H,3-5H2,1-2H3,(H,29,34)(H,30,35)(H,44,45)(H,46,47)/t8?,9?,10?,11?,12-,13-,14+,15+,16-,17?,18?,19-,20-,21-,22?,23?,26+,27-,28-/m1/s1. The molecule has 0 spiro atoms. The van der Waals surface area contributed by atoms with Crippen LogP contribution in [0.3, 0.4) is 0 Å². The van der Waals surface area contributed by atoms with Gasteiger partial charge in [0, 0.05) is 13.8 Å². The molecule has 0 aromatic heterocycles. The zero-order valence-corrected chi connectivity index (χ0v) is 28.0. The number of amides is 2. The number of hydrogen-bond acceptors (Lipinski definition) is 21. The largest absolute Gasteiger partial charge is 0.479 e. The third kappa shape index (κ3) is 10.3. The van der Waals surface area contributed by atoms with E-state index < -0.39 is 160 Å². The summed E-state index contributed by atoms with van der Waals surface area (Å²) in [5.74, 6) is -5.36. The van der Waals surface area contributed by atoms with E-state index in [2.05, 4.69) is 10.6 Å². The summed E-state index contributed by atoms with van der Waals surface area (Å²) in [6, 6.07) is -3.38. The Morgan fingerprint density at radius 3 is 1.74 bits per heavy atom. The molecule has 3 rings (SSSR count). The molecule has 53 heavy (non-hydrogen) atoms. The van der Waals surface area contributed by atoms with Crippen molar-refractivity contribution < 1.29 is 114 Å². The van der Waals surface area contributed by atoms with Gasteiger partial charge in [-0.05, 0) is 0 Å². The third-order valence-electron chi connectivity index (χ3n) is 8.60. The van der Waals surface area contributed by atoms with Gasteiger partial charge in [-0.3, -0.25) is 9.59 Å². The predicted molar refractivity (Wildman–Crippen MR) is 160 cm³/mol. The van der Waals surface area contributed by atoms with Gasteiger partial charge in [0.2, 0.25) is 11.8 Å². The van der Waals surface area contributed by atoms with Crippen molar-refractivity contribution in [2.75, 3.05) is 19.8 Å². The second-order valence-corrected chi connectivity index (χ2v) is 12.5. The van der Waals surface area contributed by atoms with Gasteiger partial charge in [-0.25, -0.2) is 9.59 Å². The minimum atomic E-state index is -2.35. The summed E-state index contributed by atoms with van der Waals surface area (Å²) in [5, 5.41) is 138. The average molecular weight is 779 g/mol. The van der Waals surface area contributed by atoms with Crippen LogP contribution in [0, 0.1) is 0 Å². The van der Waals surface area contributed by atoms with Crippen LogP contribution in [0.25, 0.3) is 0 Å². The molecule has 25 nitrogen and oxygen atoms in total. The van der Waals surface area contributed by atoms with Crippen molar-refractivity contribution in [1.82, 2.24) is 10.6 Å². The number of ether oxygens (including phenoxy) is 6. The van der Waals surface area contributed by atoms with Crippen molar-refractivity contribution in [3.63, 3.8) is 0 Å². The molecule has 0 saturated carbocycles. The van der Waals surface area contributed by atoms with E-state index in [0.29, 0.717) is 0 Å². The number of aliphatic hydroxyl groups excluding tert-OH is 11. The van der Waals surface area contributed by atoms with Crippen molar-refractivity contribution in [3.05, 3.63) is 0 Å². The zero-order chi connectivity index (χ0) is 40.1. The van der Waals surface area contributed by atoms with Crippen LogP contribution in [0.15, 0.2) is 0 Å². The van der Waals surface area contributed by atoms with E-state index in [1.54, 1.807) is 0 Å². The van der Waals surface area contributed by atoms with E-state index in [4.69, 9.17) is 28.4 Å². The maximum absolute atomic E-state index is 12.4. The zero-order valence-electron chi connectivity index (χ0n) is 28.0.